The van der Waals surface area contributed by atoms with Crippen LogP contribution in [-0.2, 0) is 13.0 Å². The summed E-state index contributed by atoms with van der Waals surface area (Å²) in [5, 5.41) is 9.08. The topological polar surface area (TPSA) is 29.9 Å². The van der Waals surface area contributed by atoms with Crippen LogP contribution >= 0.6 is 23.2 Å². The van der Waals surface area contributed by atoms with Crippen LogP contribution in [0, 0.1) is 6.92 Å². The zero-order valence-electron chi connectivity index (χ0n) is 10.0. The van der Waals surface area contributed by atoms with E-state index in [4.69, 9.17) is 23.2 Å². The summed E-state index contributed by atoms with van der Waals surface area (Å²) in [6, 6.07) is 5.63. The molecule has 0 fully saturated rings. The Morgan fingerprint density at radius 3 is 3.00 bits per heavy atom. The lowest BCUT2D eigenvalue weighted by Gasteiger charge is -2.16. The van der Waals surface area contributed by atoms with Crippen LogP contribution in [0.5, 0.6) is 0 Å². The molecular formula is C13H13Cl2N3. The molecule has 0 radical (unpaired) electrons. The maximum absolute atomic E-state index is 6.27. The highest BCUT2D eigenvalue weighted by atomic mass is 35.5. The van der Waals surface area contributed by atoms with Crippen LogP contribution in [0.4, 0.5) is 0 Å². The van der Waals surface area contributed by atoms with Gasteiger partial charge in [-0.05, 0) is 19.1 Å². The van der Waals surface area contributed by atoms with Gasteiger partial charge in [0.05, 0.1) is 27.1 Å². The Kier molecular flexibility index (Phi) is 3.06. The molecule has 3 nitrogen and oxygen atoms in total. The summed E-state index contributed by atoms with van der Waals surface area (Å²) in [5.74, 6) is 0. The lowest BCUT2D eigenvalue weighted by atomic mass is 10.1. The summed E-state index contributed by atoms with van der Waals surface area (Å²) in [5.41, 5.74) is 4.41. The zero-order chi connectivity index (χ0) is 12.7. The Balaban J connectivity index is 2.20. The first-order valence-corrected chi connectivity index (χ1v) is 6.66. The van der Waals surface area contributed by atoms with Crippen LogP contribution in [0.15, 0.2) is 18.2 Å². The van der Waals surface area contributed by atoms with Crippen molar-refractivity contribution in [2.45, 2.75) is 19.9 Å². The fourth-order valence-corrected chi connectivity index (χ4v) is 2.75. The molecule has 0 saturated carbocycles. The third kappa shape index (κ3) is 1.83. The lowest BCUT2D eigenvalue weighted by molar-refractivity contribution is 0.622. The van der Waals surface area contributed by atoms with Crippen LogP contribution in [-0.4, -0.2) is 16.3 Å². The largest absolute Gasteiger partial charge is 0.312 e. The van der Waals surface area contributed by atoms with Crippen LogP contribution in [0.25, 0.3) is 5.69 Å². The van der Waals surface area contributed by atoms with Crippen molar-refractivity contribution in [3.63, 3.8) is 0 Å². The van der Waals surface area contributed by atoms with E-state index < -0.39 is 0 Å². The van der Waals surface area contributed by atoms with E-state index in [0.717, 1.165) is 30.9 Å². The van der Waals surface area contributed by atoms with Crippen molar-refractivity contribution in [3.8, 4) is 5.69 Å². The van der Waals surface area contributed by atoms with Gasteiger partial charge in [0, 0.05) is 25.1 Å². The van der Waals surface area contributed by atoms with E-state index in [9.17, 15) is 0 Å². The molecule has 1 aromatic heterocycles. The van der Waals surface area contributed by atoms with Gasteiger partial charge in [-0.15, -0.1) is 0 Å². The molecule has 0 atom stereocenters. The Bertz CT molecular complexity index is 605. The molecular weight excluding hydrogens is 269 g/mol. The molecule has 0 aliphatic carbocycles. The predicted molar refractivity (Wildman–Crippen MR) is 73.7 cm³/mol. The monoisotopic (exact) mass is 281 g/mol. The van der Waals surface area contributed by atoms with Gasteiger partial charge in [0.15, 0.2) is 0 Å². The molecule has 94 valence electrons. The van der Waals surface area contributed by atoms with Crippen molar-refractivity contribution in [3.05, 3.63) is 45.2 Å². The highest BCUT2D eigenvalue weighted by Crippen LogP contribution is 2.30. The number of hydrogen-bond donors (Lipinski definition) is 1. The highest BCUT2D eigenvalue weighted by molar-refractivity contribution is 6.43. The fraction of sp³-hybridized carbons (Fsp3) is 0.308. The minimum absolute atomic E-state index is 0.558. The van der Waals surface area contributed by atoms with Gasteiger partial charge in [-0.3, -0.25) is 0 Å². The molecule has 0 unspecified atom stereocenters. The van der Waals surface area contributed by atoms with Gasteiger partial charge < -0.3 is 5.32 Å². The average molecular weight is 282 g/mol. The number of fused-ring (bicyclic) bond motifs is 1. The summed E-state index contributed by atoms with van der Waals surface area (Å²) in [7, 11) is 0. The maximum atomic E-state index is 6.27. The number of nitrogens with zero attached hydrogens (tertiary/aromatic N) is 2. The third-order valence-corrected chi connectivity index (χ3v) is 4.10. The predicted octanol–water partition coefficient (Wildman–Crippen LogP) is 3.13. The molecule has 0 bridgehead atoms. The molecule has 0 amide bonds. The van der Waals surface area contributed by atoms with Gasteiger partial charge in [0.2, 0.25) is 0 Å². The van der Waals surface area contributed by atoms with Gasteiger partial charge in [-0.1, -0.05) is 29.3 Å². The van der Waals surface area contributed by atoms with Gasteiger partial charge in [-0.2, -0.15) is 5.10 Å². The maximum Gasteiger partial charge on any atom is 0.0850 e. The van der Waals surface area contributed by atoms with Crippen LogP contribution < -0.4 is 5.32 Å². The van der Waals surface area contributed by atoms with Crippen LogP contribution in [0.1, 0.15) is 17.0 Å². The molecule has 1 aliphatic rings. The first-order valence-electron chi connectivity index (χ1n) is 5.91. The van der Waals surface area contributed by atoms with Crippen LogP contribution in [0.3, 0.4) is 0 Å². The van der Waals surface area contributed by atoms with Gasteiger partial charge in [-0.25, -0.2) is 4.68 Å². The smallest absolute Gasteiger partial charge is 0.0850 e. The molecule has 2 aromatic rings. The molecule has 3 rings (SSSR count). The molecule has 2 heterocycles. The summed E-state index contributed by atoms with van der Waals surface area (Å²) >= 11 is 12.3. The molecule has 1 aliphatic heterocycles. The van der Waals surface area contributed by atoms with Crippen molar-refractivity contribution < 1.29 is 0 Å². The normalized spacial score (nSPS) is 14.6. The van der Waals surface area contributed by atoms with Crippen molar-refractivity contribution in [2.24, 2.45) is 0 Å². The quantitative estimate of drug-likeness (QED) is 0.870. The van der Waals surface area contributed by atoms with Crippen molar-refractivity contribution >= 4 is 23.2 Å². The zero-order valence-corrected chi connectivity index (χ0v) is 11.5. The summed E-state index contributed by atoms with van der Waals surface area (Å²) in [6.07, 6.45) is 0.957. The average Bonchev–Trinajstić information content (AvgIpc) is 2.71. The number of halogens is 2. The second kappa shape index (κ2) is 4.57. The molecule has 1 aromatic carbocycles. The first kappa shape index (κ1) is 12.0. The minimum Gasteiger partial charge on any atom is -0.312 e. The van der Waals surface area contributed by atoms with E-state index in [0.29, 0.717) is 10.0 Å². The molecule has 0 saturated heterocycles. The van der Waals surface area contributed by atoms with Crippen molar-refractivity contribution in [1.29, 1.82) is 0 Å². The standard InChI is InChI=1S/C13H13Cl2N3/c1-8-9-7-16-6-5-11(9)18(17-8)12-4-2-3-10(14)13(12)15/h2-4,16H,5-7H2,1H3. The lowest BCUT2D eigenvalue weighted by Crippen LogP contribution is -2.24. The number of rotatable bonds is 1. The summed E-state index contributed by atoms with van der Waals surface area (Å²) < 4.78 is 1.93. The van der Waals surface area contributed by atoms with E-state index in [-0.39, 0.29) is 0 Å². The van der Waals surface area contributed by atoms with E-state index in [1.807, 2.05) is 23.7 Å². The van der Waals surface area contributed by atoms with Gasteiger partial charge >= 0.3 is 0 Å². The van der Waals surface area contributed by atoms with Crippen molar-refractivity contribution in [1.82, 2.24) is 15.1 Å². The minimum atomic E-state index is 0.558. The Hall–Kier alpha value is -1.03. The highest BCUT2D eigenvalue weighted by Gasteiger charge is 2.20. The number of aryl methyl sites for hydroxylation is 1. The number of benzene rings is 1. The number of aromatic nitrogens is 2. The second-order valence-electron chi connectivity index (χ2n) is 4.42. The molecule has 0 spiro atoms. The summed E-state index contributed by atoms with van der Waals surface area (Å²) in [4.78, 5) is 0. The van der Waals surface area contributed by atoms with Crippen LogP contribution in [0.2, 0.25) is 10.0 Å². The van der Waals surface area contributed by atoms with E-state index in [1.165, 1.54) is 11.3 Å². The Morgan fingerprint density at radius 1 is 1.33 bits per heavy atom. The Morgan fingerprint density at radius 2 is 2.17 bits per heavy atom. The van der Waals surface area contributed by atoms with Gasteiger partial charge in [0.1, 0.15) is 0 Å². The third-order valence-electron chi connectivity index (χ3n) is 3.29. The van der Waals surface area contributed by atoms with Gasteiger partial charge in [0.25, 0.3) is 0 Å². The van der Waals surface area contributed by atoms with E-state index in [1.54, 1.807) is 6.07 Å². The SMILES string of the molecule is Cc1nn(-c2cccc(Cl)c2Cl)c2c1CNCC2. The second-order valence-corrected chi connectivity index (χ2v) is 5.21. The Labute approximate surface area is 116 Å². The number of nitrogens with one attached hydrogen (secondary N) is 1. The fourth-order valence-electron chi connectivity index (χ4n) is 2.37. The van der Waals surface area contributed by atoms with Crippen molar-refractivity contribution in [2.75, 3.05) is 6.54 Å². The molecule has 18 heavy (non-hydrogen) atoms. The van der Waals surface area contributed by atoms with E-state index in [2.05, 4.69) is 10.4 Å². The first-order chi connectivity index (χ1) is 8.68. The summed E-state index contributed by atoms with van der Waals surface area (Å²) in [6.45, 7) is 3.87. The molecule has 1 N–H and O–H groups in total. The van der Waals surface area contributed by atoms with E-state index >= 15 is 0 Å². The number of hydrogen-bond acceptors (Lipinski definition) is 2. The molecule has 5 heteroatoms.